The topological polar surface area (TPSA) is 69.4 Å². The first-order valence-corrected chi connectivity index (χ1v) is 8.50. The summed E-state index contributed by atoms with van der Waals surface area (Å²) >= 11 is 0. The van der Waals surface area contributed by atoms with Gasteiger partial charge in [0.2, 0.25) is 5.89 Å². The van der Waals surface area contributed by atoms with Crippen molar-refractivity contribution >= 4 is 28.9 Å². The largest absolute Gasteiger partial charge is 0.462 e. The van der Waals surface area contributed by atoms with E-state index >= 15 is 0 Å². The first-order chi connectivity index (χ1) is 12.6. The summed E-state index contributed by atoms with van der Waals surface area (Å²) in [5.74, 6) is -0.314. The lowest BCUT2D eigenvalue weighted by molar-refractivity contribution is -0.139. The second-order valence-corrected chi connectivity index (χ2v) is 5.66. The molecule has 0 spiro atoms. The van der Waals surface area contributed by atoms with Gasteiger partial charge in [-0.3, -0.25) is 4.79 Å². The molecule has 0 aliphatic rings. The molecule has 3 aromatic rings. The van der Waals surface area contributed by atoms with Crippen LogP contribution in [0.4, 0.5) is 0 Å². The minimum atomic E-state index is -0.595. The van der Waals surface area contributed by atoms with Crippen molar-refractivity contribution in [2.45, 2.75) is 20.3 Å². The van der Waals surface area contributed by atoms with E-state index in [4.69, 9.17) is 9.15 Å². The summed E-state index contributed by atoms with van der Waals surface area (Å²) < 4.78 is 10.7. The average molecular weight is 349 g/mol. The average Bonchev–Trinajstić information content (AvgIpc) is 3.10. The number of esters is 1. The van der Waals surface area contributed by atoms with Crippen LogP contribution in [-0.4, -0.2) is 23.3 Å². The molecule has 0 saturated carbocycles. The van der Waals surface area contributed by atoms with Gasteiger partial charge in [0.05, 0.1) is 6.61 Å². The van der Waals surface area contributed by atoms with E-state index < -0.39 is 5.97 Å². The highest BCUT2D eigenvalue weighted by Gasteiger charge is 2.18. The maximum Gasteiger partial charge on any atom is 0.341 e. The van der Waals surface area contributed by atoms with Gasteiger partial charge in [-0.15, -0.1) is 0 Å². The number of nitrogens with zero attached hydrogens (tertiary/aromatic N) is 1. The van der Waals surface area contributed by atoms with Crippen LogP contribution in [0.3, 0.4) is 0 Å². The Morgan fingerprint density at radius 1 is 1.08 bits per heavy atom. The monoisotopic (exact) mass is 349 g/mol. The number of ether oxygens (including phenoxy) is 1. The van der Waals surface area contributed by atoms with Crippen molar-refractivity contribution in [2.75, 3.05) is 6.61 Å². The molecule has 5 heteroatoms. The molecule has 0 saturated heterocycles. The van der Waals surface area contributed by atoms with Gasteiger partial charge in [0.1, 0.15) is 11.1 Å². The number of oxazole rings is 1. The summed E-state index contributed by atoms with van der Waals surface area (Å²) in [4.78, 5) is 28.5. The predicted molar refractivity (Wildman–Crippen MR) is 99.4 cm³/mol. The van der Waals surface area contributed by atoms with E-state index in [1.807, 2.05) is 48.5 Å². The van der Waals surface area contributed by atoms with Crippen molar-refractivity contribution in [3.63, 3.8) is 0 Å². The van der Waals surface area contributed by atoms with Crippen LogP contribution in [0.15, 0.2) is 58.5 Å². The van der Waals surface area contributed by atoms with Gasteiger partial charge in [-0.2, -0.15) is 0 Å². The maximum atomic E-state index is 12.0. The quantitative estimate of drug-likeness (QED) is 0.285. The molecular formula is C21H19NO4. The number of para-hydroxylation sites is 2. The molecule has 0 aliphatic heterocycles. The van der Waals surface area contributed by atoms with Crippen LogP contribution in [0.1, 0.15) is 25.8 Å². The first-order valence-electron chi connectivity index (χ1n) is 8.50. The molecule has 26 heavy (non-hydrogen) atoms. The number of carbonyl (C=O) groups is 2. The zero-order valence-corrected chi connectivity index (χ0v) is 14.7. The van der Waals surface area contributed by atoms with Crippen LogP contribution in [0.25, 0.3) is 28.6 Å². The minimum Gasteiger partial charge on any atom is -0.462 e. The molecule has 0 bridgehead atoms. The smallest absolute Gasteiger partial charge is 0.341 e. The second kappa shape index (κ2) is 7.78. The third-order valence-corrected chi connectivity index (χ3v) is 3.88. The van der Waals surface area contributed by atoms with Crippen molar-refractivity contribution < 1.29 is 18.7 Å². The summed E-state index contributed by atoms with van der Waals surface area (Å²) in [6.45, 7) is 3.65. The van der Waals surface area contributed by atoms with Gasteiger partial charge in [0.15, 0.2) is 11.4 Å². The van der Waals surface area contributed by atoms with Crippen molar-refractivity contribution in [3.8, 4) is 11.5 Å². The fraction of sp³-hybridized carbons (Fsp3) is 0.190. The van der Waals surface area contributed by atoms with Crippen LogP contribution >= 0.6 is 0 Å². The second-order valence-electron chi connectivity index (χ2n) is 5.66. The fourth-order valence-electron chi connectivity index (χ4n) is 2.54. The van der Waals surface area contributed by atoms with E-state index in [1.165, 1.54) is 0 Å². The number of rotatable bonds is 6. The summed E-state index contributed by atoms with van der Waals surface area (Å²) in [5, 5.41) is 0. The molecule has 0 fully saturated rings. The maximum absolute atomic E-state index is 12.0. The fourth-order valence-corrected chi connectivity index (χ4v) is 2.54. The number of benzene rings is 2. The highest BCUT2D eigenvalue weighted by atomic mass is 16.5. The van der Waals surface area contributed by atoms with E-state index in [-0.39, 0.29) is 24.4 Å². The molecule has 1 heterocycles. The van der Waals surface area contributed by atoms with Crippen molar-refractivity contribution in [2.24, 2.45) is 0 Å². The number of hydrogen-bond donors (Lipinski definition) is 0. The van der Waals surface area contributed by atoms with Crippen LogP contribution in [-0.2, 0) is 14.3 Å². The molecule has 0 aliphatic carbocycles. The molecule has 3 rings (SSSR count). The van der Waals surface area contributed by atoms with Crippen molar-refractivity contribution in [1.82, 2.24) is 4.98 Å². The molecular weight excluding hydrogens is 330 g/mol. The molecule has 132 valence electrons. The van der Waals surface area contributed by atoms with Gasteiger partial charge in [-0.25, -0.2) is 9.78 Å². The Kier molecular flexibility index (Phi) is 5.27. The lowest BCUT2D eigenvalue weighted by Gasteiger charge is -2.05. The normalized spacial score (nSPS) is 11.5. The van der Waals surface area contributed by atoms with Gasteiger partial charge in [-0.05, 0) is 42.8 Å². The number of Topliss-reactive ketones (excluding diaryl/α,β-unsaturated/α-hetero) is 1. The van der Waals surface area contributed by atoms with E-state index in [2.05, 4.69) is 4.98 Å². The van der Waals surface area contributed by atoms with Crippen LogP contribution in [0, 0.1) is 0 Å². The van der Waals surface area contributed by atoms with Gasteiger partial charge in [0.25, 0.3) is 0 Å². The third kappa shape index (κ3) is 3.72. The van der Waals surface area contributed by atoms with Gasteiger partial charge in [0, 0.05) is 12.0 Å². The molecule has 0 atom stereocenters. The highest BCUT2D eigenvalue weighted by molar-refractivity contribution is 6.20. The first kappa shape index (κ1) is 17.6. The van der Waals surface area contributed by atoms with Crippen molar-refractivity contribution in [3.05, 3.63) is 59.7 Å². The van der Waals surface area contributed by atoms with Gasteiger partial charge >= 0.3 is 5.97 Å². The minimum absolute atomic E-state index is 0.0592. The molecule has 1 aromatic heterocycles. The third-order valence-electron chi connectivity index (χ3n) is 3.88. The SMILES string of the molecule is CCOC(=O)C(=Cc1ccc(-c2nc3ccccc3o2)cc1)C(=O)CC. The van der Waals surface area contributed by atoms with E-state index in [0.29, 0.717) is 5.89 Å². The number of aromatic nitrogens is 1. The van der Waals surface area contributed by atoms with E-state index in [0.717, 1.165) is 22.2 Å². The van der Waals surface area contributed by atoms with E-state index in [9.17, 15) is 9.59 Å². The highest BCUT2D eigenvalue weighted by Crippen LogP contribution is 2.24. The van der Waals surface area contributed by atoms with Crippen LogP contribution < -0.4 is 0 Å². The lowest BCUT2D eigenvalue weighted by atomic mass is 10.0. The summed E-state index contributed by atoms with van der Waals surface area (Å²) in [6, 6.07) is 14.9. The Balaban J connectivity index is 1.90. The lowest BCUT2D eigenvalue weighted by Crippen LogP contribution is -2.15. The number of carbonyl (C=O) groups excluding carboxylic acids is 2. The van der Waals surface area contributed by atoms with Crippen LogP contribution in [0.2, 0.25) is 0 Å². The Labute approximate surface area is 151 Å². The summed E-state index contributed by atoms with van der Waals surface area (Å²) in [7, 11) is 0. The van der Waals surface area contributed by atoms with Gasteiger partial charge < -0.3 is 9.15 Å². The molecule has 5 nitrogen and oxygen atoms in total. The van der Waals surface area contributed by atoms with Crippen LogP contribution in [0.5, 0.6) is 0 Å². The standard InChI is InChI=1S/C21H19NO4/c1-3-18(23)16(21(24)25-4-2)13-14-9-11-15(12-10-14)20-22-17-7-5-6-8-19(17)26-20/h5-13H,3-4H2,1-2H3. The summed E-state index contributed by atoms with van der Waals surface area (Å²) in [6.07, 6.45) is 1.80. The molecule has 0 amide bonds. The Morgan fingerprint density at radius 2 is 1.81 bits per heavy atom. The number of ketones is 1. The number of fused-ring (bicyclic) bond motifs is 1. The zero-order chi connectivity index (χ0) is 18.5. The molecule has 2 aromatic carbocycles. The molecule has 0 radical (unpaired) electrons. The van der Waals surface area contributed by atoms with Crippen molar-refractivity contribution in [1.29, 1.82) is 0 Å². The Morgan fingerprint density at radius 3 is 2.46 bits per heavy atom. The molecule has 0 unspecified atom stereocenters. The Hall–Kier alpha value is -3.21. The predicted octanol–water partition coefficient (Wildman–Crippen LogP) is 4.42. The van der Waals surface area contributed by atoms with E-state index in [1.54, 1.807) is 19.9 Å². The number of hydrogen-bond acceptors (Lipinski definition) is 5. The molecule has 0 N–H and O–H groups in total. The summed E-state index contributed by atoms with van der Waals surface area (Å²) in [5.41, 5.74) is 3.13. The van der Waals surface area contributed by atoms with Gasteiger partial charge in [-0.1, -0.05) is 31.2 Å². The Bertz CT molecular complexity index is 934. The zero-order valence-electron chi connectivity index (χ0n) is 14.7.